The molecule has 2 N–H and O–H groups in total. The number of benzene rings is 2. The zero-order chi connectivity index (χ0) is 20.3. The quantitative estimate of drug-likeness (QED) is 0.324. The van der Waals surface area contributed by atoms with Crippen molar-refractivity contribution in [3.63, 3.8) is 0 Å². The van der Waals surface area contributed by atoms with Crippen LogP contribution in [0.1, 0.15) is 21.0 Å². The van der Waals surface area contributed by atoms with Gasteiger partial charge in [-0.05, 0) is 24.3 Å². The number of aromatic nitrogens is 2. The molecule has 1 radical (unpaired) electrons. The van der Waals surface area contributed by atoms with Crippen LogP contribution in [0.15, 0.2) is 70.5 Å². The second kappa shape index (κ2) is 9.75. The predicted molar refractivity (Wildman–Crippen MR) is 112 cm³/mol. The van der Waals surface area contributed by atoms with E-state index < -0.39 is 11.9 Å². The molecule has 0 fully saturated rings. The van der Waals surface area contributed by atoms with Crippen molar-refractivity contribution in [2.45, 2.75) is 9.79 Å². The number of aromatic carboxylic acids is 2. The zero-order valence-electron chi connectivity index (χ0n) is 14.6. The van der Waals surface area contributed by atoms with Crippen molar-refractivity contribution in [2.24, 2.45) is 0 Å². The molecule has 2 aromatic heterocycles. The Hall–Kier alpha value is -2.59. The molecule has 6 nitrogen and oxygen atoms in total. The van der Waals surface area contributed by atoms with Crippen molar-refractivity contribution >= 4 is 59.0 Å². The Kier molecular flexibility index (Phi) is 7.63. The fourth-order valence-electron chi connectivity index (χ4n) is 2.50. The van der Waals surface area contributed by atoms with Gasteiger partial charge in [-0.1, -0.05) is 36.4 Å². The Morgan fingerprint density at radius 3 is 1.38 bits per heavy atom. The number of hydrogen-bond acceptors (Lipinski definition) is 6. The molecule has 0 spiro atoms. The van der Waals surface area contributed by atoms with E-state index in [0.29, 0.717) is 20.8 Å². The van der Waals surface area contributed by atoms with Gasteiger partial charge in [0.15, 0.2) is 0 Å². The average molecular weight is 469 g/mol. The van der Waals surface area contributed by atoms with Gasteiger partial charge in [-0.15, -0.1) is 25.3 Å². The summed E-state index contributed by atoms with van der Waals surface area (Å²) in [6, 6.07) is 17.4. The van der Waals surface area contributed by atoms with Gasteiger partial charge in [-0.2, -0.15) is 0 Å². The van der Waals surface area contributed by atoms with Crippen LogP contribution < -0.4 is 0 Å². The molecular formula is C20H14CoN2O4S2. The van der Waals surface area contributed by atoms with E-state index in [2.05, 4.69) is 35.2 Å². The van der Waals surface area contributed by atoms with E-state index >= 15 is 0 Å². The van der Waals surface area contributed by atoms with Crippen molar-refractivity contribution in [3.8, 4) is 0 Å². The summed E-state index contributed by atoms with van der Waals surface area (Å²) in [6.45, 7) is 0. The number of pyridine rings is 2. The standard InChI is InChI=1S/2C10H7NO2S.Co/c2*12-10(13)7-5-4-6-2-1-3-8(14)9(6)11-7;/h2*1-5,14H,(H,12,13);. The molecule has 0 aliphatic carbocycles. The minimum absolute atomic E-state index is 0. The number of carboxylic acids is 2. The Bertz CT molecular complexity index is 1120. The van der Waals surface area contributed by atoms with Gasteiger partial charge >= 0.3 is 11.9 Å². The maximum absolute atomic E-state index is 10.7. The molecular weight excluding hydrogens is 455 g/mol. The van der Waals surface area contributed by atoms with Gasteiger partial charge in [0.2, 0.25) is 0 Å². The van der Waals surface area contributed by atoms with Crippen molar-refractivity contribution < 1.29 is 36.6 Å². The molecule has 0 bridgehead atoms. The molecule has 4 rings (SSSR count). The average Bonchev–Trinajstić information content (AvgIpc) is 2.68. The summed E-state index contributed by atoms with van der Waals surface area (Å²) in [4.78, 5) is 30.7. The molecule has 0 aliphatic rings. The summed E-state index contributed by atoms with van der Waals surface area (Å²) in [5, 5.41) is 19.3. The predicted octanol–water partition coefficient (Wildman–Crippen LogP) is 4.44. The second-order valence-corrected chi connectivity index (χ2v) is 6.66. The zero-order valence-corrected chi connectivity index (χ0v) is 17.4. The minimum Gasteiger partial charge on any atom is -0.477 e. The van der Waals surface area contributed by atoms with E-state index in [1.54, 1.807) is 24.3 Å². The second-order valence-electron chi connectivity index (χ2n) is 5.70. The Labute approximate surface area is 187 Å². The molecule has 0 atom stereocenters. The summed E-state index contributed by atoms with van der Waals surface area (Å²) in [6.07, 6.45) is 0. The van der Waals surface area contributed by atoms with E-state index in [4.69, 9.17) is 10.2 Å². The number of carbonyl (C=O) groups is 2. The number of thiol groups is 2. The molecule has 29 heavy (non-hydrogen) atoms. The van der Waals surface area contributed by atoms with Gasteiger partial charge in [0.1, 0.15) is 11.4 Å². The van der Waals surface area contributed by atoms with Crippen LogP contribution in [0.4, 0.5) is 0 Å². The van der Waals surface area contributed by atoms with Crippen molar-refractivity contribution in [1.29, 1.82) is 0 Å². The largest absolute Gasteiger partial charge is 0.477 e. The van der Waals surface area contributed by atoms with Crippen molar-refractivity contribution in [3.05, 3.63) is 72.1 Å². The monoisotopic (exact) mass is 469 g/mol. The molecule has 0 saturated heterocycles. The number of fused-ring (bicyclic) bond motifs is 2. The topological polar surface area (TPSA) is 100 Å². The van der Waals surface area contributed by atoms with Gasteiger partial charge in [0, 0.05) is 37.3 Å². The van der Waals surface area contributed by atoms with Crippen LogP contribution in [0.3, 0.4) is 0 Å². The van der Waals surface area contributed by atoms with Gasteiger partial charge in [-0.3, -0.25) is 0 Å². The fourth-order valence-corrected chi connectivity index (χ4v) is 3.03. The first kappa shape index (κ1) is 22.7. The molecule has 2 heterocycles. The summed E-state index contributed by atoms with van der Waals surface area (Å²) >= 11 is 8.42. The SMILES string of the molecule is O=C(O)c1ccc2cccc(S)c2n1.O=C(O)c1ccc2cccc(S)c2n1.[Co]. The molecule has 0 amide bonds. The van der Waals surface area contributed by atoms with Crippen molar-refractivity contribution in [1.82, 2.24) is 9.97 Å². The van der Waals surface area contributed by atoms with E-state index in [-0.39, 0.29) is 28.2 Å². The maximum atomic E-state index is 10.7. The maximum Gasteiger partial charge on any atom is 0.354 e. The summed E-state index contributed by atoms with van der Waals surface area (Å²) < 4.78 is 0. The third-order valence-corrected chi connectivity index (χ3v) is 4.56. The smallest absolute Gasteiger partial charge is 0.354 e. The molecule has 149 valence electrons. The third-order valence-electron chi connectivity index (χ3n) is 3.84. The molecule has 9 heteroatoms. The first-order chi connectivity index (χ1) is 13.4. The number of hydrogen-bond donors (Lipinski definition) is 4. The van der Waals surface area contributed by atoms with Crippen LogP contribution in [-0.4, -0.2) is 32.1 Å². The van der Waals surface area contributed by atoms with Gasteiger partial charge in [-0.25, -0.2) is 19.6 Å². The molecule has 2 aromatic carbocycles. The van der Waals surface area contributed by atoms with E-state index in [1.807, 2.05) is 24.3 Å². The summed E-state index contributed by atoms with van der Waals surface area (Å²) in [5.41, 5.74) is 1.32. The van der Waals surface area contributed by atoms with Crippen LogP contribution >= 0.6 is 25.3 Å². The van der Waals surface area contributed by atoms with Gasteiger partial charge in [0.05, 0.1) is 11.0 Å². The molecule has 4 aromatic rings. The van der Waals surface area contributed by atoms with Crippen molar-refractivity contribution in [2.75, 3.05) is 0 Å². The third kappa shape index (κ3) is 5.27. The van der Waals surface area contributed by atoms with E-state index in [0.717, 1.165) is 10.8 Å². The Morgan fingerprint density at radius 1 is 0.655 bits per heavy atom. The number of rotatable bonds is 2. The number of nitrogens with zero attached hydrogens (tertiary/aromatic N) is 2. The van der Waals surface area contributed by atoms with Crippen LogP contribution in [0.5, 0.6) is 0 Å². The molecule has 0 unspecified atom stereocenters. The normalized spacial score (nSPS) is 10.0. The number of carboxylic acid groups (broad SMARTS) is 2. The van der Waals surface area contributed by atoms with Crippen LogP contribution in [0.2, 0.25) is 0 Å². The fraction of sp³-hybridized carbons (Fsp3) is 0. The Balaban J connectivity index is 0.000000200. The van der Waals surface area contributed by atoms with Gasteiger partial charge in [0.25, 0.3) is 0 Å². The van der Waals surface area contributed by atoms with Crippen LogP contribution in [0, 0.1) is 0 Å². The molecule has 0 saturated carbocycles. The van der Waals surface area contributed by atoms with E-state index in [1.165, 1.54) is 12.1 Å². The van der Waals surface area contributed by atoms with Gasteiger partial charge < -0.3 is 10.2 Å². The Morgan fingerprint density at radius 2 is 1.03 bits per heavy atom. The van der Waals surface area contributed by atoms with Crippen LogP contribution in [-0.2, 0) is 16.8 Å². The first-order valence-corrected chi connectivity index (χ1v) is 8.90. The first-order valence-electron chi connectivity index (χ1n) is 8.01. The van der Waals surface area contributed by atoms with E-state index in [9.17, 15) is 9.59 Å². The minimum atomic E-state index is -1.02. The molecule has 0 aliphatic heterocycles. The summed E-state index contributed by atoms with van der Waals surface area (Å²) in [7, 11) is 0. The number of para-hydroxylation sites is 2. The summed E-state index contributed by atoms with van der Waals surface area (Å²) in [5.74, 6) is -2.05. The van der Waals surface area contributed by atoms with Crippen LogP contribution in [0.25, 0.3) is 21.8 Å².